The van der Waals surface area contributed by atoms with E-state index in [1.165, 1.54) is 24.0 Å². The summed E-state index contributed by atoms with van der Waals surface area (Å²) in [5.41, 5.74) is 5.17. The van der Waals surface area contributed by atoms with Gasteiger partial charge in [0, 0.05) is 31.7 Å². The van der Waals surface area contributed by atoms with Gasteiger partial charge < -0.3 is 4.98 Å². The standard InChI is InChI=1S/C34H37N7O/c1-24-11-10-16-27-23-29(34(42)35-30(24)27)32(33-36-37-38-41(33)28-17-8-9-18-28)40-21-19-39(20-22-40)31(25-12-4-2-5-13-25)26-14-6-3-7-15-26/h2-7,10-16,23,28,31-32H,8-9,17-22H2,1H3,(H,35,42). The highest BCUT2D eigenvalue weighted by molar-refractivity contribution is 5.82. The quantitative estimate of drug-likeness (QED) is 0.286. The smallest absolute Gasteiger partial charge is 0.253 e. The van der Waals surface area contributed by atoms with Crippen molar-refractivity contribution in [3.8, 4) is 0 Å². The minimum Gasteiger partial charge on any atom is -0.321 e. The summed E-state index contributed by atoms with van der Waals surface area (Å²) >= 11 is 0. The summed E-state index contributed by atoms with van der Waals surface area (Å²) in [6, 6.07) is 29.8. The molecule has 1 atom stereocenters. The highest BCUT2D eigenvalue weighted by atomic mass is 16.1. The van der Waals surface area contributed by atoms with E-state index in [1.807, 2.05) is 23.7 Å². The number of hydrogen-bond donors (Lipinski definition) is 1. The molecule has 1 saturated heterocycles. The van der Waals surface area contributed by atoms with Gasteiger partial charge in [-0.05, 0) is 58.3 Å². The van der Waals surface area contributed by atoms with E-state index < -0.39 is 0 Å². The van der Waals surface area contributed by atoms with E-state index in [-0.39, 0.29) is 23.7 Å². The first kappa shape index (κ1) is 26.7. The van der Waals surface area contributed by atoms with Crippen LogP contribution >= 0.6 is 0 Å². The number of aromatic amines is 1. The lowest BCUT2D eigenvalue weighted by Gasteiger charge is -2.42. The fourth-order valence-electron chi connectivity index (χ4n) is 7.03. The Bertz CT molecular complexity index is 1660. The van der Waals surface area contributed by atoms with Gasteiger partial charge in [-0.3, -0.25) is 14.6 Å². The molecule has 1 aliphatic heterocycles. The van der Waals surface area contributed by atoms with E-state index in [0.29, 0.717) is 5.56 Å². The van der Waals surface area contributed by atoms with Crippen molar-refractivity contribution >= 4 is 10.9 Å². The molecule has 5 aromatic rings. The van der Waals surface area contributed by atoms with Crippen molar-refractivity contribution in [2.75, 3.05) is 26.2 Å². The number of fused-ring (bicyclic) bond motifs is 1. The molecule has 1 N–H and O–H groups in total. The van der Waals surface area contributed by atoms with Gasteiger partial charge in [0.1, 0.15) is 6.04 Å². The molecular formula is C34H37N7O. The van der Waals surface area contributed by atoms with Gasteiger partial charge in [0.15, 0.2) is 5.82 Å². The van der Waals surface area contributed by atoms with Crippen LogP contribution in [0.25, 0.3) is 10.9 Å². The molecule has 2 aromatic heterocycles. The van der Waals surface area contributed by atoms with E-state index in [9.17, 15) is 4.79 Å². The van der Waals surface area contributed by atoms with Gasteiger partial charge in [0.2, 0.25) is 0 Å². The van der Waals surface area contributed by atoms with Crippen LogP contribution in [0, 0.1) is 6.92 Å². The number of para-hydroxylation sites is 1. The SMILES string of the molecule is Cc1cccc2cc(C(c3nnnn3C3CCCC3)N3CCN(C(c4ccccc4)c4ccccc4)CC3)c(=O)[nH]c12. The van der Waals surface area contributed by atoms with Crippen LogP contribution in [0.15, 0.2) is 89.7 Å². The molecule has 2 aliphatic rings. The van der Waals surface area contributed by atoms with Crippen molar-refractivity contribution in [3.05, 3.63) is 123 Å². The number of pyridine rings is 1. The van der Waals surface area contributed by atoms with Gasteiger partial charge in [-0.25, -0.2) is 4.68 Å². The maximum absolute atomic E-state index is 13.8. The maximum atomic E-state index is 13.8. The Morgan fingerprint density at radius 1 is 0.786 bits per heavy atom. The molecule has 8 nitrogen and oxygen atoms in total. The van der Waals surface area contributed by atoms with Gasteiger partial charge in [0.25, 0.3) is 5.56 Å². The Morgan fingerprint density at radius 2 is 1.40 bits per heavy atom. The predicted octanol–water partition coefficient (Wildman–Crippen LogP) is 5.43. The summed E-state index contributed by atoms with van der Waals surface area (Å²) < 4.78 is 2.01. The number of hydrogen-bond acceptors (Lipinski definition) is 6. The van der Waals surface area contributed by atoms with Crippen molar-refractivity contribution in [2.45, 2.75) is 50.7 Å². The monoisotopic (exact) mass is 559 g/mol. The number of aryl methyl sites for hydroxylation is 1. The highest BCUT2D eigenvalue weighted by Crippen LogP contribution is 2.36. The molecule has 0 spiro atoms. The molecule has 3 heterocycles. The fraction of sp³-hybridized carbons (Fsp3) is 0.353. The first-order valence-corrected chi connectivity index (χ1v) is 15.2. The average molecular weight is 560 g/mol. The highest BCUT2D eigenvalue weighted by Gasteiger charge is 2.36. The number of piperazine rings is 1. The molecule has 0 radical (unpaired) electrons. The van der Waals surface area contributed by atoms with Gasteiger partial charge in [0.05, 0.1) is 17.6 Å². The van der Waals surface area contributed by atoms with E-state index in [4.69, 9.17) is 0 Å². The first-order valence-electron chi connectivity index (χ1n) is 15.2. The zero-order valence-corrected chi connectivity index (χ0v) is 24.1. The molecule has 1 aliphatic carbocycles. The van der Waals surface area contributed by atoms with Crippen molar-refractivity contribution in [3.63, 3.8) is 0 Å². The van der Waals surface area contributed by atoms with Gasteiger partial charge in [-0.2, -0.15) is 0 Å². The summed E-state index contributed by atoms with van der Waals surface area (Å²) in [4.78, 5) is 21.9. The molecule has 3 aromatic carbocycles. The van der Waals surface area contributed by atoms with Crippen molar-refractivity contribution in [1.29, 1.82) is 0 Å². The lowest BCUT2D eigenvalue weighted by molar-refractivity contribution is 0.0850. The number of H-pyrrole nitrogens is 1. The number of nitrogens with zero attached hydrogens (tertiary/aromatic N) is 6. The van der Waals surface area contributed by atoms with Crippen LogP contribution in [0.2, 0.25) is 0 Å². The van der Waals surface area contributed by atoms with E-state index in [0.717, 1.165) is 61.3 Å². The Balaban J connectivity index is 1.25. The van der Waals surface area contributed by atoms with Crippen LogP contribution in [0.4, 0.5) is 0 Å². The molecule has 42 heavy (non-hydrogen) atoms. The summed E-state index contributed by atoms with van der Waals surface area (Å²) in [6.07, 6.45) is 4.51. The second kappa shape index (κ2) is 11.6. The largest absolute Gasteiger partial charge is 0.321 e. The number of tetrazole rings is 1. The molecule has 2 fully saturated rings. The molecule has 214 valence electrons. The van der Waals surface area contributed by atoms with Gasteiger partial charge in [-0.15, -0.1) is 5.10 Å². The molecule has 1 unspecified atom stereocenters. The van der Waals surface area contributed by atoms with Crippen LogP contribution in [0.5, 0.6) is 0 Å². The Morgan fingerprint density at radius 3 is 2.05 bits per heavy atom. The van der Waals surface area contributed by atoms with Crippen molar-refractivity contribution < 1.29 is 0 Å². The third-order valence-corrected chi connectivity index (χ3v) is 9.15. The topological polar surface area (TPSA) is 82.9 Å². The Labute approximate surface area is 246 Å². The normalized spacial score (nSPS) is 17.8. The summed E-state index contributed by atoms with van der Waals surface area (Å²) in [5.74, 6) is 0.774. The van der Waals surface area contributed by atoms with E-state index >= 15 is 0 Å². The summed E-state index contributed by atoms with van der Waals surface area (Å²) in [6.45, 7) is 5.35. The predicted molar refractivity (Wildman–Crippen MR) is 164 cm³/mol. The maximum Gasteiger partial charge on any atom is 0.253 e. The van der Waals surface area contributed by atoms with Gasteiger partial charge in [-0.1, -0.05) is 91.7 Å². The number of nitrogens with one attached hydrogen (secondary N) is 1. The second-order valence-corrected chi connectivity index (χ2v) is 11.7. The third kappa shape index (κ3) is 5.05. The first-order chi connectivity index (χ1) is 20.7. The fourth-order valence-corrected chi connectivity index (χ4v) is 7.03. The van der Waals surface area contributed by atoms with Crippen LogP contribution < -0.4 is 5.56 Å². The van der Waals surface area contributed by atoms with E-state index in [2.05, 4.69) is 103 Å². The molecule has 7 rings (SSSR count). The third-order valence-electron chi connectivity index (χ3n) is 9.15. The summed E-state index contributed by atoms with van der Waals surface area (Å²) in [5, 5.41) is 14.2. The van der Waals surface area contributed by atoms with Crippen molar-refractivity contribution in [1.82, 2.24) is 35.0 Å². The lowest BCUT2D eigenvalue weighted by Crippen LogP contribution is -2.50. The molecular weight excluding hydrogens is 522 g/mol. The Kier molecular flexibility index (Phi) is 7.40. The van der Waals surface area contributed by atoms with Crippen LogP contribution in [-0.4, -0.2) is 61.2 Å². The number of benzene rings is 3. The molecule has 0 amide bonds. The lowest BCUT2D eigenvalue weighted by atomic mass is 9.96. The Hall–Kier alpha value is -4.14. The zero-order chi connectivity index (χ0) is 28.5. The minimum atomic E-state index is -0.330. The zero-order valence-electron chi connectivity index (χ0n) is 24.1. The molecule has 8 heteroatoms. The van der Waals surface area contributed by atoms with E-state index in [1.54, 1.807) is 0 Å². The van der Waals surface area contributed by atoms with Gasteiger partial charge >= 0.3 is 0 Å². The molecule has 1 saturated carbocycles. The number of aromatic nitrogens is 5. The van der Waals surface area contributed by atoms with Crippen LogP contribution in [0.3, 0.4) is 0 Å². The second-order valence-electron chi connectivity index (χ2n) is 11.7. The average Bonchev–Trinajstić information content (AvgIpc) is 3.73. The van der Waals surface area contributed by atoms with Crippen LogP contribution in [-0.2, 0) is 0 Å². The number of rotatable bonds is 7. The summed E-state index contributed by atoms with van der Waals surface area (Å²) in [7, 11) is 0. The van der Waals surface area contributed by atoms with Crippen molar-refractivity contribution in [2.24, 2.45) is 0 Å². The molecule has 0 bridgehead atoms. The van der Waals surface area contributed by atoms with Crippen LogP contribution in [0.1, 0.15) is 71.9 Å². The minimum absolute atomic E-state index is 0.0725.